The van der Waals surface area contributed by atoms with Gasteiger partial charge in [-0.3, -0.25) is 15.0 Å². The van der Waals surface area contributed by atoms with Gasteiger partial charge in [-0.1, -0.05) is 54.1 Å². The summed E-state index contributed by atoms with van der Waals surface area (Å²) in [6, 6.07) is 18.1. The molecule has 0 bridgehead atoms. The number of amides is 2. The summed E-state index contributed by atoms with van der Waals surface area (Å²) in [5.74, 6) is 0.452. The van der Waals surface area contributed by atoms with Gasteiger partial charge in [0.15, 0.2) is 0 Å². The number of rotatable bonds is 8. The van der Waals surface area contributed by atoms with Crippen LogP contribution in [0, 0.1) is 5.92 Å². The lowest BCUT2D eigenvalue weighted by Crippen LogP contribution is -2.50. The van der Waals surface area contributed by atoms with E-state index in [4.69, 9.17) is 11.6 Å². The van der Waals surface area contributed by atoms with Gasteiger partial charge in [-0.15, -0.1) is 0 Å². The fraction of sp³-hybridized carbons (Fsp3) is 0.385. The first-order chi connectivity index (χ1) is 16.1. The van der Waals surface area contributed by atoms with Crippen LogP contribution in [-0.4, -0.2) is 54.4 Å². The normalized spacial score (nSPS) is 17.4. The van der Waals surface area contributed by atoms with Crippen molar-refractivity contribution >= 4 is 29.1 Å². The molecule has 1 saturated heterocycles. The number of hydrogen-bond acceptors (Lipinski definition) is 4. The molecule has 4 rings (SSSR count). The summed E-state index contributed by atoms with van der Waals surface area (Å²) < 4.78 is 0. The number of benzene rings is 2. The first kappa shape index (κ1) is 23.3. The van der Waals surface area contributed by atoms with Crippen LogP contribution in [-0.2, 0) is 16.0 Å². The fourth-order valence-electron chi connectivity index (χ4n) is 4.41. The lowest BCUT2D eigenvalue weighted by atomic mass is 9.90. The number of carbonyl (C=O) groups excluding carboxylic acids is 2. The SMILES string of the molecule is O=C(CN1NC(c2ccc(Cl)cc2)=CCC1=O)NCCN1CCC(Cc2ccccc2)CC1. The zero-order valence-corrected chi connectivity index (χ0v) is 19.6. The summed E-state index contributed by atoms with van der Waals surface area (Å²) in [6.45, 7) is 3.54. The summed E-state index contributed by atoms with van der Waals surface area (Å²) in [5, 5.41) is 5.00. The van der Waals surface area contributed by atoms with E-state index in [0.717, 1.165) is 43.2 Å². The number of hydrazine groups is 1. The van der Waals surface area contributed by atoms with Gasteiger partial charge in [0.25, 0.3) is 0 Å². The van der Waals surface area contributed by atoms with Crippen LogP contribution >= 0.6 is 11.6 Å². The van der Waals surface area contributed by atoms with E-state index in [1.165, 1.54) is 23.4 Å². The van der Waals surface area contributed by atoms with Gasteiger partial charge in [-0.2, -0.15) is 0 Å². The molecule has 2 aromatic carbocycles. The second-order valence-corrected chi connectivity index (χ2v) is 9.18. The van der Waals surface area contributed by atoms with Crippen LogP contribution in [0.25, 0.3) is 5.70 Å². The molecule has 2 N–H and O–H groups in total. The molecule has 174 valence electrons. The minimum absolute atomic E-state index is 0.0110. The van der Waals surface area contributed by atoms with Crippen molar-refractivity contribution in [2.24, 2.45) is 5.92 Å². The maximum Gasteiger partial charge on any atom is 0.245 e. The monoisotopic (exact) mass is 466 g/mol. The van der Waals surface area contributed by atoms with Crippen molar-refractivity contribution in [3.8, 4) is 0 Å². The lowest BCUT2D eigenvalue weighted by molar-refractivity contribution is -0.137. The number of hydrogen-bond donors (Lipinski definition) is 2. The van der Waals surface area contributed by atoms with Crippen LogP contribution in [0.5, 0.6) is 0 Å². The van der Waals surface area contributed by atoms with Gasteiger partial charge in [0.05, 0.1) is 5.70 Å². The molecule has 2 heterocycles. The number of carbonyl (C=O) groups is 2. The van der Waals surface area contributed by atoms with E-state index in [2.05, 4.69) is 46.0 Å². The zero-order chi connectivity index (χ0) is 23.0. The molecule has 6 nitrogen and oxygen atoms in total. The molecule has 2 aromatic rings. The topological polar surface area (TPSA) is 64.7 Å². The summed E-state index contributed by atoms with van der Waals surface area (Å²) in [5.41, 5.74) is 6.21. The van der Waals surface area contributed by atoms with Crippen LogP contribution in [0.15, 0.2) is 60.7 Å². The number of piperidine rings is 1. The minimum atomic E-state index is -0.160. The molecule has 0 aliphatic carbocycles. The van der Waals surface area contributed by atoms with E-state index in [1.807, 2.05) is 18.2 Å². The molecule has 2 aliphatic heterocycles. The number of halogens is 1. The van der Waals surface area contributed by atoms with Crippen molar-refractivity contribution < 1.29 is 9.59 Å². The Balaban J connectivity index is 1.16. The maximum atomic E-state index is 12.4. The van der Waals surface area contributed by atoms with E-state index in [9.17, 15) is 9.59 Å². The number of nitrogens with zero attached hydrogens (tertiary/aromatic N) is 2. The molecule has 0 spiro atoms. The van der Waals surface area contributed by atoms with Gasteiger partial charge in [-0.05, 0) is 67.6 Å². The van der Waals surface area contributed by atoms with E-state index in [-0.39, 0.29) is 24.8 Å². The molecule has 7 heteroatoms. The highest BCUT2D eigenvalue weighted by molar-refractivity contribution is 6.30. The van der Waals surface area contributed by atoms with E-state index >= 15 is 0 Å². The number of likely N-dealkylation sites (tertiary alicyclic amines) is 1. The van der Waals surface area contributed by atoms with Gasteiger partial charge < -0.3 is 10.2 Å². The average Bonchev–Trinajstić information content (AvgIpc) is 2.83. The number of nitrogens with one attached hydrogen (secondary N) is 2. The molecule has 2 aliphatic rings. The smallest absolute Gasteiger partial charge is 0.245 e. The highest BCUT2D eigenvalue weighted by Gasteiger charge is 2.23. The molecule has 0 saturated carbocycles. The Morgan fingerprint density at radius 1 is 1.06 bits per heavy atom. The van der Waals surface area contributed by atoms with Crippen molar-refractivity contribution in [3.63, 3.8) is 0 Å². The molecular formula is C26H31ClN4O2. The molecule has 1 fully saturated rings. The largest absolute Gasteiger partial charge is 0.353 e. The Hall–Kier alpha value is -2.83. The van der Waals surface area contributed by atoms with E-state index in [1.54, 1.807) is 12.1 Å². The van der Waals surface area contributed by atoms with Crippen LogP contribution in [0.2, 0.25) is 5.02 Å². The average molecular weight is 467 g/mol. The molecule has 0 aromatic heterocycles. The summed E-state index contributed by atoms with van der Waals surface area (Å²) in [4.78, 5) is 27.1. The lowest BCUT2D eigenvalue weighted by Gasteiger charge is -2.32. The van der Waals surface area contributed by atoms with Gasteiger partial charge in [0.2, 0.25) is 11.8 Å². The molecular weight excluding hydrogens is 436 g/mol. The van der Waals surface area contributed by atoms with E-state index < -0.39 is 0 Å². The Labute approximate surface area is 200 Å². The first-order valence-corrected chi connectivity index (χ1v) is 12.0. The third kappa shape index (κ3) is 6.83. The summed E-state index contributed by atoms with van der Waals surface area (Å²) in [7, 11) is 0. The standard InChI is InChI=1S/C26H31ClN4O2/c27-23-8-6-22(7-9-23)24-10-11-26(33)31(29-24)19-25(32)28-14-17-30-15-12-21(13-16-30)18-20-4-2-1-3-5-20/h1-10,21,29H,11-19H2,(H,28,32). The van der Waals surface area contributed by atoms with Crippen LogP contribution in [0.3, 0.4) is 0 Å². The highest BCUT2D eigenvalue weighted by Crippen LogP contribution is 2.21. The van der Waals surface area contributed by atoms with Crippen LogP contribution in [0.4, 0.5) is 0 Å². The van der Waals surface area contributed by atoms with Crippen molar-refractivity contribution in [1.29, 1.82) is 0 Å². The minimum Gasteiger partial charge on any atom is -0.353 e. The van der Waals surface area contributed by atoms with Crippen molar-refractivity contribution in [1.82, 2.24) is 20.7 Å². The first-order valence-electron chi connectivity index (χ1n) is 11.6. The van der Waals surface area contributed by atoms with Gasteiger partial charge >= 0.3 is 0 Å². The summed E-state index contributed by atoms with van der Waals surface area (Å²) >= 11 is 5.95. The Morgan fingerprint density at radius 3 is 2.52 bits per heavy atom. The van der Waals surface area contributed by atoms with E-state index in [0.29, 0.717) is 11.6 Å². The quantitative estimate of drug-likeness (QED) is 0.625. The molecule has 33 heavy (non-hydrogen) atoms. The highest BCUT2D eigenvalue weighted by atomic mass is 35.5. The van der Waals surface area contributed by atoms with Crippen LogP contribution in [0.1, 0.15) is 30.4 Å². The predicted octanol–water partition coefficient (Wildman–Crippen LogP) is 3.49. The Kier molecular flexibility index (Phi) is 8.02. The maximum absolute atomic E-state index is 12.4. The molecule has 0 radical (unpaired) electrons. The fourth-order valence-corrected chi connectivity index (χ4v) is 4.53. The van der Waals surface area contributed by atoms with Crippen molar-refractivity contribution in [3.05, 3.63) is 76.8 Å². The van der Waals surface area contributed by atoms with Crippen molar-refractivity contribution in [2.45, 2.75) is 25.7 Å². The third-order valence-electron chi connectivity index (χ3n) is 6.32. The zero-order valence-electron chi connectivity index (χ0n) is 18.8. The molecule has 2 amide bonds. The Bertz CT molecular complexity index is 970. The van der Waals surface area contributed by atoms with Gasteiger partial charge in [0, 0.05) is 24.5 Å². The second-order valence-electron chi connectivity index (χ2n) is 8.75. The second kappa shape index (κ2) is 11.3. The predicted molar refractivity (Wildman–Crippen MR) is 131 cm³/mol. The summed E-state index contributed by atoms with van der Waals surface area (Å²) in [6.07, 6.45) is 5.62. The van der Waals surface area contributed by atoms with Gasteiger partial charge in [0.1, 0.15) is 6.54 Å². The molecule has 0 atom stereocenters. The van der Waals surface area contributed by atoms with Gasteiger partial charge in [-0.25, -0.2) is 5.01 Å². The van der Waals surface area contributed by atoms with Crippen molar-refractivity contribution in [2.75, 3.05) is 32.7 Å². The third-order valence-corrected chi connectivity index (χ3v) is 6.57. The Morgan fingerprint density at radius 2 is 1.79 bits per heavy atom. The molecule has 0 unspecified atom stereocenters. The van der Waals surface area contributed by atoms with Crippen LogP contribution < -0.4 is 10.7 Å².